The third-order valence-electron chi connectivity index (χ3n) is 0.977. The van der Waals surface area contributed by atoms with Gasteiger partial charge in [-0.15, -0.1) is 0 Å². The van der Waals surface area contributed by atoms with Crippen LogP contribution in [0.1, 0.15) is 0 Å². The van der Waals surface area contributed by atoms with Crippen LogP contribution in [0.15, 0.2) is 30.3 Å². The molecule has 0 bridgehead atoms. The summed E-state index contributed by atoms with van der Waals surface area (Å²) in [5.74, 6) is 0. The van der Waals surface area contributed by atoms with Crippen LogP contribution < -0.4 is 10.2 Å². The average Bonchev–Trinajstić information content (AvgIpc) is 1.90. The number of hydrogen-bond donors (Lipinski definition) is 1. The quantitative estimate of drug-likeness (QED) is 0.558. The molecular formula is C6H6O2P-. The van der Waals surface area contributed by atoms with Crippen LogP contribution in [0.3, 0.4) is 0 Å². The van der Waals surface area contributed by atoms with Gasteiger partial charge in [-0.2, -0.15) is 0 Å². The highest BCUT2D eigenvalue weighted by Crippen LogP contribution is 2.14. The summed E-state index contributed by atoms with van der Waals surface area (Å²) in [4.78, 5) is 18.9. The molecule has 3 heteroatoms. The summed E-state index contributed by atoms with van der Waals surface area (Å²) in [5.41, 5.74) is 0. The second-order valence-electron chi connectivity index (χ2n) is 1.61. The number of rotatable bonds is 1. The van der Waals surface area contributed by atoms with Gasteiger partial charge in [0.15, 0.2) is 0 Å². The summed E-state index contributed by atoms with van der Waals surface area (Å²) in [6, 6.07) is 8.53. The molecule has 0 heterocycles. The van der Waals surface area contributed by atoms with E-state index in [1.54, 1.807) is 24.3 Å². The lowest BCUT2D eigenvalue weighted by Crippen LogP contribution is -2.07. The lowest BCUT2D eigenvalue weighted by molar-refractivity contribution is -0.171. The Morgan fingerprint density at radius 1 is 1.22 bits per heavy atom. The molecule has 0 spiro atoms. The van der Waals surface area contributed by atoms with Gasteiger partial charge in [-0.3, -0.25) is 0 Å². The minimum absolute atomic E-state index is 0.479. The van der Waals surface area contributed by atoms with Crippen molar-refractivity contribution >= 4 is 13.7 Å². The zero-order valence-electron chi connectivity index (χ0n) is 4.69. The third-order valence-corrected chi connectivity index (χ3v) is 1.72. The van der Waals surface area contributed by atoms with Crippen molar-refractivity contribution in [2.45, 2.75) is 0 Å². The minimum atomic E-state index is -2.15. The van der Waals surface area contributed by atoms with Crippen molar-refractivity contribution in [3.63, 3.8) is 0 Å². The molecule has 1 aromatic rings. The highest BCUT2D eigenvalue weighted by atomic mass is 31.2. The van der Waals surface area contributed by atoms with Gasteiger partial charge in [-0.05, 0) is 13.7 Å². The van der Waals surface area contributed by atoms with Crippen LogP contribution in [-0.2, 0) is 0 Å². The first-order valence-electron chi connectivity index (χ1n) is 2.52. The first-order valence-corrected chi connectivity index (χ1v) is 3.73. The lowest BCUT2D eigenvalue weighted by Gasteiger charge is -2.13. The van der Waals surface area contributed by atoms with Gasteiger partial charge in [0.2, 0.25) is 0 Å². The van der Waals surface area contributed by atoms with Crippen LogP contribution in [0.5, 0.6) is 0 Å². The molecule has 0 fully saturated rings. The average molecular weight is 141 g/mol. The van der Waals surface area contributed by atoms with E-state index in [0.29, 0.717) is 5.30 Å². The summed E-state index contributed by atoms with van der Waals surface area (Å²) < 4.78 is 0. The van der Waals surface area contributed by atoms with E-state index >= 15 is 0 Å². The van der Waals surface area contributed by atoms with Crippen LogP contribution in [0, 0.1) is 0 Å². The van der Waals surface area contributed by atoms with Gasteiger partial charge < -0.3 is 9.79 Å². The Morgan fingerprint density at radius 3 is 2.11 bits per heavy atom. The molecule has 1 rings (SSSR count). The molecule has 0 amide bonds. The SMILES string of the molecule is [O-]P(O)c1ccccc1. The van der Waals surface area contributed by atoms with E-state index in [-0.39, 0.29) is 0 Å². The maximum absolute atomic E-state index is 10.3. The maximum Gasteiger partial charge on any atom is -0.0125 e. The third kappa shape index (κ3) is 1.75. The monoisotopic (exact) mass is 141 g/mol. The van der Waals surface area contributed by atoms with E-state index in [4.69, 9.17) is 4.89 Å². The molecule has 0 aliphatic heterocycles. The number of hydrogen-bond acceptors (Lipinski definition) is 2. The summed E-state index contributed by atoms with van der Waals surface area (Å²) in [7, 11) is -2.15. The molecule has 1 aromatic carbocycles. The van der Waals surface area contributed by atoms with Crippen molar-refractivity contribution in [2.75, 3.05) is 0 Å². The first-order chi connectivity index (χ1) is 4.30. The van der Waals surface area contributed by atoms with Gasteiger partial charge >= 0.3 is 0 Å². The summed E-state index contributed by atoms with van der Waals surface area (Å²) >= 11 is 0. The van der Waals surface area contributed by atoms with Crippen LogP contribution in [0.2, 0.25) is 0 Å². The lowest BCUT2D eigenvalue weighted by atomic mass is 10.4. The molecule has 0 aromatic heterocycles. The zero-order chi connectivity index (χ0) is 6.69. The van der Waals surface area contributed by atoms with Gasteiger partial charge in [-0.1, -0.05) is 30.3 Å². The smallest absolute Gasteiger partial charge is 0.0125 e. The van der Waals surface area contributed by atoms with Gasteiger partial charge in [0.1, 0.15) is 0 Å². The highest BCUT2D eigenvalue weighted by Gasteiger charge is 1.87. The molecule has 0 saturated heterocycles. The van der Waals surface area contributed by atoms with Crippen molar-refractivity contribution in [1.29, 1.82) is 0 Å². The Balaban J connectivity index is 2.85. The topological polar surface area (TPSA) is 43.3 Å². The molecule has 0 aliphatic rings. The largest absolute Gasteiger partial charge is 0.805 e. The summed E-state index contributed by atoms with van der Waals surface area (Å²) in [6.45, 7) is 0. The second-order valence-corrected chi connectivity index (χ2v) is 2.67. The Morgan fingerprint density at radius 2 is 1.78 bits per heavy atom. The summed E-state index contributed by atoms with van der Waals surface area (Å²) in [5, 5.41) is 0.479. The van der Waals surface area contributed by atoms with Gasteiger partial charge in [-0.25, -0.2) is 0 Å². The van der Waals surface area contributed by atoms with Crippen LogP contribution in [-0.4, -0.2) is 4.89 Å². The molecule has 0 radical (unpaired) electrons. The molecule has 1 N–H and O–H groups in total. The van der Waals surface area contributed by atoms with Crippen molar-refractivity contribution in [1.82, 2.24) is 0 Å². The minimum Gasteiger partial charge on any atom is -0.805 e. The fourth-order valence-electron chi connectivity index (χ4n) is 0.556. The summed E-state index contributed by atoms with van der Waals surface area (Å²) in [6.07, 6.45) is 0. The zero-order valence-corrected chi connectivity index (χ0v) is 5.58. The maximum atomic E-state index is 10.3. The molecular weight excluding hydrogens is 135 g/mol. The predicted molar refractivity (Wildman–Crippen MR) is 35.2 cm³/mol. The van der Waals surface area contributed by atoms with Gasteiger partial charge in [0.25, 0.3) is 0 Å². The first kappa shape index (κ1) is 6.69. The molecule has 0 saturated carbocycles. The Hall–Kier alpha value is -0.430. The molecule has 9 heavy (non-hydrogen) atoms. The van der Waals surface area contributed by atoms with Gasteiger partial charge in [0.05, 0.1) is 0 Å². The van der Waals surface area contributed by atoms with Crippen molar-refractivity contribution in [3.8, 4) is 0 Å². The van der Waals surface area contributed by atoms with Crippen molar-refractivity contribution in [2.24, 2.45) is 0 Å². The second kappa shape index (κ2) is 2.92. The standard InChI is InChI=1S/C6H6O2P/c7-9(8)6-4-2-1-3-5-6/h1-5,7H/q-1. The molecule has 2 nitrogen and oxygen atoms in total. The van der Waals surface area contributed by atoms with Gasteiger partial charge in [0, 0.05) is 0 Å². The van der Waals surface area contributed by atoms with E-state index < -0.39 is 8.38 Å². The van der Waals surface area contributed by atoms with E-state index in [1.807, 2.05) is 6.07 Å². The van der Waals surface area contributed by atoms with E-state index in [1.165, 1.54) is 0 Å². The van der Waals surface area contributed by atoms with Crippen molar-refractivity contribution < 1.29 is 9.79 Å². The molecule has 0 aliphatic carbocycles. The fourth-order valence-corrected chi connectivity index (χ4v) is 0.983. The molecule has 48 valence electrons. The Bertz CT molecular complexity index is 174. The van der Waals surface area contributed by atoms with Crippen molar-refractivity contribution in [3.05, 3.63) is 30.3 Å². The Kier molecular flexibility index (Phi) is 2.17. The van der Waals surface area contributed by atoms with Crippen LogP contribution in [0.25, 0.3) is 0 Å². The van der Waals surface area contributed by atoms with E-state index in [2.05, 4.69) is 0 Å². The Labute approximate surface area is 54.7 Å². The predicted octanol–water partition coefficient (Wildman–Crippen LogP) is -0.0236. The number of benzene rings is 1. The van der Waals surface area contributed by atoms with Crippen LogP contribution >= 0.6 is 8.38 Å². The molecule has 1 unspecified atom stereocenters. The van der Waals surface area contributed by atoms with Crippen LogP contribution in [0.4, 0.5) is 0 Å². The normalized spacial score (nSPS) is 13.1. The van der Waals surface area contributed by atoms with E-state index in [9.17, 15) is 4.89 Å². The molecule has 1 atom stereocenters. The fraction of sp³-hybridized carbons (Fsp3) is 0. The highest BCUT2D eigenvalue weighted by molar-refractivity contribution is 7.52. The van der Waals surface area contributed by atoms with E-state index in [0.717, 1.165) is 0 Å².